The molecule has 0 spiro atoms. The van der Waals surface area contributed by atoms with E-state index in [1.54, 1.807) is 0 Å². The molecule has 2 unspecified atom stereocenters. The molecule has 1 fully saturated rings. The van der Waals surface area contributed by atoms with E-state index in [-0.39, 0.29) is 6.04 Å². The van der Waals surface area contributed by atoms with Gasteiger partial charge in [-0.3, -0.25) is 9.59 Å². The molecule has 7 heteroatoms. The molecule has 0 aromatic carbocycles. The maximum absolute atomic E-state index is 10.1. The van der Waals surface area contributed by atoms with Crippen molar-refractivity contribution < 1.29 is 24.9 Å². The Morgan fingerprint density at radius 2 is 2.00 bits per heavy atom. The van der Waals surface area contributed by atoms with Gasteiger partial charge in [-0.05, 0) is 26.3 Å². The Balaban J connectivity index is 0.000000281. The van der Waals surface area contributed by atoms with Crippen molar-refractivity contribution in [1.82, 2.24) is 5.32 Å². The zero-order valence-corrected chi connectivity index (χ0v) is 9.09. The van der Waals surface area contributed by atoms with Gasteiger partial charge in [-0.25, -0.2) is 0 Å². The van der Waals surface area contributed by atoms with Crippen molar-refractivity contribution in [3.8, 4) is 0 Å². The summed E-state index contributed by atoms with van der Waals surface area (Å²) in [6.45, 7) is 2.19. The average Bonchev–Trinajstić information content (AvgIpc) is 2.70. The molecule has 1 heterocycles. The van der Waals surface area contributed by atoms with E-state index in [1.165, 1.54) is 6.92 Å². The Morgan fingerprint density at radius 1 is 1.44 bits per heavy atom. The summed E-state index contributed by atoms with van der Waals surface area (Å²) in [5.74, 6) is -1.90. The lowest BCUT2D eigenvalue weighted by molar-refractivity contribution is -0.141. The van der Waals surface area contributed by atoms with Gasteiger partial charge in [0.25, 0.3) is 0 Å². The highest BCUT2D eigenvalue weighted by atomic mass is 16.4. The summed E-state index contributed by atoms with van der Waals surface area (Å²) in [6, 6.07) is -1.43. The van der Waals surface area contributed by atoms with Crippen molar-refractivity contribution in [3.63, 3.8) is 0 Å². The van der Waals surface area contributed by atoms with Crippen LogP contribution in [-0.4, -0.2) is 52.0 Å². The van der Waals surface area contributed by atoms with Crippen LogP contribution in [0.5, 0.6) is 0 Å². The molecule has 0 saturated carbocycles. The first-order valence-corrected chi connectivity index (χ1v) is 4.99. The van der Waals surface area contributed by atoms with Crippen LogP contribution in [-0.2, 0) is 9.59 Å². The van der Waals surface area contributed by atoms with E-state index in [2.05, 4.69) is 5.32 Å². The highest BCUT2D eigenvalue weighted by Crippen LogP contribution is 2.03. The van der Waals surface area contributed by atoms with Gasteiger partial charge in [0.15, 0.2) is 0 Å². The fraction of sp³-hybridized carbons (Fsp3) is 0.778. The number of nitrogens with one attached hydrogen (secondary N) is 1. The normalized spacial score (nSPS) is 22.8. The first-order valence-electron chi connectivity index (χ1n) is 4.99. The minimum absolute atomic E-state index is 0.269. The van der Waals surface area contributed by atoms with Crippen LogP contribution in [0.4, 0.5) is 0 Å². The monoisotopic (exact) mass is 234 g/mol. The van der Waals surface area contributed by atoms with Crippen molar-refractivity contribution in [3.05, 3.63) is 0 Å². The molecule has 16 heavy (non-hydrogen) atoms. The third-order valence-corrected chi connectivity index (χ3v) is 2.16. The summed E-state index contributed by atoms with van der Waals surface area (Å²) in [4.78, 5) is 20.0. The first kappa shape index (κ1) is 14.8. The van der Waals surface area contributed by atoms with E-state index < -0.39 is 24.1 Å². The van der Waals surface area contributed by atoms with Gasteiger partial charge in [-0.1, -0.05) is 0 Å². The Morgan fingerprint density at radius 3 is 2.12 bits per heavy atom. The quantitative estimate of drug-likeness (QED) is 0.405. The number of carboxylic acid groups (broad SMARTS) is 2. The number of carbonyl (C=O) groups is 2. The van der Waals surface area contributed by atoms with E-state index >= 15 is 0 Å². The lowest BCUT2D eigenvalue weighted by Crippen LogP contribution is -2.39. The summed E-state index contributed by atoms with van der Waals surface area (Å²) in [5.41, 5.74) is 4.91. The van der Waals surface area contributed by atoms with Crippen molar-refractivity contribution in [2.45, 2.75) is 38.0 Å². The standard InChI is InChI=1S/C5H9NO2.C4H9NO3/c7-5(8)4-2-1-3-6-4;1-2(6)3(5)4(7)8/h4,6H,1-3H2,(H,7,8);2-3,6H,5H2,1H3,(H,7,8)/t4-;/m0./s1. The van der Waals surface area contributed by atoms with Gasteiger partial charge in [0.1, 0.15) is 12.1 Å². The number of aliphatic carboxylic acids is 2. The molecule has 0 aliphatic carbocycles. The Labute approximate surface area is 93.3 Å². The summed E-state index contributed by atoms with van der Waals surface area (Å²) in [7, 11) is 0. The number of hydrogen-bond donors (Lipinski definition) is 5. The molecule has 0 amide bonds. The summed E-state index contributed by atoms with van der Waals surface area (Å²) >= 11 is 0. The van der Waals surface area contributed by atoms with E-state index in [9.17, 15) is 9.59 Å². The molecule has 0 bridgehead atoms. The molecule has 94 valence electrons. The second-order valence-electron chi connectivity index (χ2n) is 3.59. The van der Waals surface area contributed by atoms with E-state index in [0.717, 1.165) is 19.4 Å². The topological polar surface area (TPSA) is 133 Å². The van der Waals surface area contributed by atoms with Crippen LogP contribution in [0.1, 0.15) is 19.8 Å². The minimum Gasteiger partial charge on any atom is -0.480 e. The summed E-state index contributed by atoms with van der Waals surface area (Å²) in [6.07, 6.45) is 0.805. The smallest absolute Gasteiger partial charge is 0.323 e. The molecule has 1 rings (SSSR count). The zero-order valence-electron chi connectivity index (χ0n) is 9.09. The van der Waals surface area contributed by atoms with Gasteiger partial charge in [-0.2, -0.15) is 0 Å². The highest BCUT2D eigenvalue weighted by Gasteiger charge is 2.20. The average molecular weight is 234 g/mol. The summed E-state index contributed by atoms with van der Waals surface area (Å²) in [5, 5.41) is 27.8. The molecular weight excluding hydrogens is 216 g/mol. The van der Waals surface area contributed by atoms with Gasteiger partial charge in [0.05, 0.1) is 6.10 Å². The van der Waals surface area contributed by atoms with Crippen molar-refractivity contribution in [2.75, 3.05) is 6.54 Å². The van der Waals surface area contributed by atoms with Crippen LogP contribution < -0.4 is 11.1 Å². The lowest BCUT2D eigenvalue weighted by atomic mass is 10.2. The minimum atomic E-state index is -1.18. The predicted molar refractivity (Wildman–Crippen MR) is 56.0 cm³/mol. The van der Waals surface area contributed by atoms with Crippen molar-refractivity contribution >= 4 is 11.9 Å². The van der Waals surface area contributed by atoms with Crippen molar-refractivity contribution in [1.29, 1.82) is 0 Å². The number of carboxylic acids is 2. The fourth-order valence-electron chi connectivity index (χ4n) is 1.10. The molecule has 0 aromatic heterocycles. The molecule has 0 aromatic rings. The SMILES string of the molecule is CC(O)C(N)C(=O)O.O=C(O)[C@@H]1CCCN1. The maximum Gasteiger partial charge on any atom is 0.323 e. The van der Waals surface area contributed by atoms with Gasteiger partial charge < -0.3 is 26.4 Å². The lowest BCUT2D eigenvalue weighted by Gasteiger charge is -2.06. The van der Waals surface area contributed by atoms with E-state index in [4.69, 9.17) is 21.1 Å². The van der Waals surface area contributed by atoms with Crippen LogP contribution in [0.3, 0.4) is 0 Å². The van der Waals surface area contributed by atoms with Crippen LogP contribution in [0, 0.1) is 0 Å². The van der Waals surface area contributed by atoms with Crippen molar-refractivity contribution in [2.24, 2.45) is 5.73 Å². The Hall–Kier alpha value is -1.18. The molecule has 1 aliphatic rings. The highest BCUT2D eigenvalue weighted by molar-refractivity contribution is 5.74. The van der Waals surface area contributed by atoms with Crippen LogP contribution in [0.15, 0.2) is 0 Å². The largest absolute Gasteiger partial charge is 0.480 e. The van der Waals surface area contributed by atoms with Crippen LogP contribution >= 0.6 is 0 Å². The van der Waals surface area contributed by atoms with Gasteiger partial charge in [0, 0.05) is 0 Å². The van der Waals surface area contributed by atoms with Gasteiger partial charge in [-0.15, -0.1) is 0 Å². The fourth-order valence-corrected chi connectivity index (χ4v) is 1.10. The number of hydrogen-bond acceptors (Lipinski definition) is 5. The molecule has 0 radical (unpaired) electrons. The zero-order chi connectivity index (χ0) is 12.7. The summed E-state index contributed by atoms with van der Waals surface area (Å²) < 4.78 is 0. The molecular formula is C9H18N2O5. The molecule has 6 N–H and O–H groups in total. The second kappa shape index (κ2) is 7.15. The number of nitrogens with two attached hydrogens (primary N) is 1. The molecule has 1 saturated heterocycles. The van der Waals surface area contributed by atoms with E-state index in [0.29, 0.717) is 0 Å². The van der Waals surface area contributed by atoms with Gasteiger partial charge >= 0.3 is 11.9 Å². The van der Waals surface area contributed by atoms with Crippen LogP contribution in [0.2, 0.25) is 0 Å². The molecule has 3 atom stereocenters. The Bertz CT molecular complexity index is 226. The third-order valence-electron chi connectivity index (χ3n) is 2.16. The van der Waals surface area contributed by atoms with Crippen LogP contribution in [0.25, 0.3) is 0 Å². The predicted octanol–water partition coefficient (Wildman–Crippen LogP) is -1.40. The first-order chi connectivity index (χ1) is 7.36. The van der Waals surface area contributed by atoms with E-state index in [1.807, 2.05) is 0 Å². The number of aliphatic hydroxyl groups excluding tert-OH is 1. The number of aliphatic hydroxyl groups is 1. The number of rotatable bonds is 3. The second-order valence-corrected chi connectivity index (χ2v) is 3.59. The van der Waals surface area contributed by atoms with Gasteiger partial charge in [0.2, 0.25) is 0 Å². The maximum atomic E-state index is 10.1. The third kappa shape index (κ3) is 5.64. The molecule has 1 aliphatic heterocycles. The molecule has 7 nitrogen and oxygen atoms in total. The Kier molecular flexibility index (Phi) is 6.63.